The first-order valence-electron chi connectivity index (χ1n) is 5.00. The second kappa shape index (κ2) is 6.23. The number of rotatable bonds is 5. The van der Waals surface area contributed by atoms with Gasteiger partial charge in [-0.1, -0.05) is 6.92 Å². The molecule has 0 radical (unpaired) electrons. The van der Waals surface area contributed by atoms with Gasteiger partial charge in [-0.25, -0.2) is 0 Å². The number of nitro groups is 1. The van der Waals surface area contributed by atoms with E-state index < -0.39 is 4.92 Å². The fourth-order valence-electron chi connectivity index (χ4n) is 1.14. The van der Waals surface area contributed by atoms with Gasteiger partial charge in [-0.2, -0.15) is 5.26 Å². The number of hydrogen-bond donors (Lipinski definition) is 1. The third kappa shape index (κ3) is 3.73. The Bertz CT molecular complexity index is 457. The molecule has 1 atom stereocenters. The minimum Gasteiger partial charge on any atom is -0.396 e. The zero-order valence-corrected chi connectivity index (χ0v) is 10.1. The van der Waals surface area contributed by atoms with Crippen molar-refractivity contribution in [2.24, 2.45) is 5.92 Å². The monoisotopic (exact) mass is 252 g/mol. The van der Waals surface area contributed by atoms with Crippen LogP contribution < -0.4 is 0 Å². The van der Waals surface area contributed by atoms with Gasteiger partial charge in [-0.15, -0.1) is 11.8 Å². The van der Waals surface area contributed by atoms with Gasteiger partial charge in [0, 0.05) is 18.4 Å². The van der Waals surface area contributed by atoms with Crippen molar-refractivity contribution in [2.45, 2.75) is 11.8 Å². The van der Waals surface area contributed by atoms with Crippen LogP contribution in [0.3, 0.4) is 0 Å². The van der Waals surface area contributed by atoms with E-state index in [1.165, 1.54) is 17.8 Å². The third-order valence-corrected chi connectivity index (χ3v) is 3.51. The molecule has 17 heavy (non-hydrogen) atoms. The highest BCUT2D eigenvalue weighted by atomic mass is 32.2. The topological polar surface area (TPSA) is 87.2 Å². The molecule has 0 aromatic heterocycles. The van der Waals surface area contributed by atoms with Gasteiger partial charge in [0.25, 0.3) is 5.69 Å². The number of benzene rings is 1. The Morgan fingerprint density at radius 3 is 2.88 bits per heavy atom. The van der Waals surface area contributed by atoms with Crippen molar-refractivity contribution in [3.05, 3.63) is 33.9 Å². The summed E-state index contributed by atoms with van der Waals surface area (Å²) in [7, 11) is 0. The summed E-state index contributed by atoms with van der Waals surface area (Å²) >= 11 is 1.32. The number of hydrogen-bond acceptors (Lipinski definition) is 5. The van der Waals surface area contributed by atoms with Crippen molar-refractivity contribution < 1.29 is 10.0 Å². The van der Waals surface area contributed by atoms with Crippen LogP contribution in [0.2, 0.25) is 0 Å². The second-order valence-corrected chi connectivity index (χ2v) is 4.71. The van der Waals surface area contributed by atoms with E-state index in [2.05, 4.69) is 0 Å². The van der Waals surface area contributed by atoms with Gasteiger partial charge in [-0.05, 0) is 18.1 Å². The van der Waals surface area contributed by atoms with Crippen molar-refractivity contribution in [3.63, 3.8) is 0 Å². The molecule has 0 heterocycles. The SMILES string of the molecule is CC(CO)CSc1ccc(C#N)cc1[N+](=O)[O-]. The van der Waals surface area contributed by atoms with E-state index in [0.717, 1.165) is 0 Å². The minimum atomic E-state index is -0.493. The average molecular weight is 252 g/mol. The zero-order chi connectivity index (χ0) is 12.8. The average Bonchev–Trinajstić information content (AvgIpc) is 2.35. The van der Waals surface area contributed by atoms with Crippen molar-refractivity contribution >= 4 is 17.4 Å². The molecule has 0 saturated carbocycles. The van der Waals surface area contributed by atoms with Crippen LogP contribution in [-0.4, -0.2) is 22.4 Å². The number of aliphatic hydroxyl groups is 1. The maximum absolute atomic E-state index is 10.8. The van der Waals surface area contributed by atoms with Gasteiger partial charge in [0.2, 0.25) is 0 Å². The Morgan fingerprint density at radius 1 is 1.65 bits per heavy atom. The predicted octanol–water partition coefficient (Wildman–Crippen LogP) is 2.19. The van der Waals surface area contributed by atoms with E-state index >= 15 is 0 Å². The summed E-state index contributed by atoms with van der Waals surface area (Å²) in [6, 6.07) is 6.27. The highest BCUT2D eigenvalue weighted by molar-refractivity contribution is 7.99. The number of aliphatic hydroxyl groups excluding tert-OH is 1. The molecule has 5 nitrogen and oxygen atoms in total. The van der Waals surface area contributed by atoms with Crippen LogP contribution in [0.25, 0.3) is 0 Å². The molecule has 0 fully saturated rings. The van der Waals surface area contributed by atoms with Gasteiger partial charge < -0.3 is 5.11 Å². The van der Waals surface area contributed by atoms with Crippen molar-refractivity contribution in [1.29, 1.82) is 5.26 Å². The van der Waals surface area contributed by atoms with Gasteiger partial charge >= 0.3 is 0 Å². The summed E-state index contributed by atoms with van der Waals surface area (Å²) in [5, 5.41) is 28.4. The lowest BCUT2D eigenvalue weighted by Crippen LogP contribution is -2.03. The van der Waals surface area contributed by atoms with Gasteiger partial charge in [-0.3, -0.25) is 10.1 Å². The quantitative estimate of drug-likeness (QED) is 0.493. The summed E-state index contributed by atoms with van der Waals surface area (Å²) in [5.41, 5.74) is 0.218. The number of nitriles is 1. The molecular formula is C11H12N2O3S. The van der Waals surface area contributed by atoms with Crippen molar-refractivity contribution in [1.82, 2.24) is 0 Å². The van der Waals surface area contributed by atoms with Gasteiger partial charge in [0.1, 0.15) is 0 Å². The molecule has 1 aromatic rings. The summed E-state index contributed by atoms with van der Waals surface area (Å²) in [6.07, 6.45) is 0. The maximum Gasteiger partial charge on any atom is 0.284 e. The van der Waals surface area contributed by atoms with Crippen LogP contribution in [0.5, 0.6) is 0 Å². The molecule has 1 N–H and O–H groups in total. The van der Waals surface area contributed by atoms with Crippen LogP contribution in [0.15, 0.2) is 23.1 Å². The molecule has 0 aliphatic carbocycles. The van der Waals surface area contributed by atoms with Crippen molar-refractivity contribution in [3.8, 4) is 6.07 Å². The summed E-state index contributed by atoms with van der Waals surface area (Å²) in [6.45, 7) is 1.92. The molecule has 0 spiro atoms. The Kier molecular flexibility index (Phi) is 4.94. The molecule has 6 heteroatoms. The number of nitro benzene ring substituents is 1. The lowest BCUT2D eigenvalue weighted by molar-refractivity contribution is -0.387. The lowest BCUT2D eigenvalue weighted by atomic mass is 10.2. The van der Waals surface area contributed by atoms with E-state index in [-0.39, 0.29) is 23.8 Å². The maximum atomic E-state index is 10.8. The Balaban J connectivity index is 2.92. The van der Waals surface area contributed by atoms with E-state index in [1.807, 2.05) is 13.0 Å². The minimum absolute atomic E-state index is 0.0527. The first-order valence-corrected chi connectivity index (χ1v) is 5.99. The smallest absolute Gasteiger partial charge is 0.284 e. The van der Waals surface area contributed by atoms with Gasteiger partial charge in [0.15, 0.2) is 0 Å². The highest BCUT2D eigenvalue weighted by Crippen LogP contribution is 2.31. The fraction of sp³-hybridized carbons (Fsp3) is 0.364. The van der Waals surface area contributed by atoms with E-state index in [4.69, 9.17) is 10.4 Å². The third-order valence-electron chi connectivity index (χ3n) is 2.12. The molecule has 0 aliphatic heterocycles. The lowest BCUT2D eigenvalue weighted by Gasteiger charge is -2.07. The molecular weight excluding hydrogens is 240 g/mol. The molecule has 0 bridgehead atoms. The van der Waals surface area contributed by atoms with Gasteiger partial charge in [0.05, 0.1) is 21.5 Å². The standard InChI is InChI=1S/C11H12N2O3S/c1-8(6-14)7-17-11-3-2-9(5-12)4-10(11)13(15)16/h2-4,8,14H,6-7H2,1H3. The largest absolute Gasteiger partial charge is 0.396 e. The van der Waals surface area contributed by atoms with Crippen molar-refractivity contribution in [2.75, 3.05) is 12.4 Å². The molecule has 1 unspecified atom stereocenters. The first kappa shape index (κ1) is 13.5. The van der Waals surface area contributed by atoms with Crippen LogP contribution >= 0.6 is 11.8 Å². The second-order valence-electron chi connectivity index (χ2n) is 3.65. The highest BCUT2D eigenvalue weighted by Gasteiger charge is 2.15. The molecule has 1 rings (SSSR count). The molecule has 0 amide bonds. The molecule has 0 aliphatic rings. The Labute approximate surface area is 103 Å². The number of nitrogens with zero attached hydrogens (tertiary/aromatic N) is 2. The van der Waals surface area contributed by atoms with Crippen LogP contribution in [0.4, 0.5) is 5.69 Å². The molecule has 90 valence electrons. The number of thioether (sulfide) groups is 1. The summed E-state index contributed by atoms with van der Waals surface area (Å²) in [4.78, 5) is 10.9. The Hall–Kier alpha value is -1.58. The van der Waals surface area contributed by atoms with E-state index in [0.29, 0.717) is 10.6 Å². The van der Waals surface area contributed by atoms with Crippen LogP contribution in [-0.2, 0) is 0 Å². The summed E-state index contributed by atoms with van der Waals surface area (Å²) in [5.74, 6) is 0.679. The summed E-state index contributed by atoms with van der Waals surface area (Å²) < 4.78 is 0. The fourth-order valence-corrected chi connectivity index (χ4v) is 2.15. The zero-order valence-electron chi connectivity index (χ0n) is 9.29. The first-order chi connectivity index (χ1) is 8.08. The van der Waals surface area contributed by atoms with E-state index in [9.17, 15) is 10.1 Å². The predicted molar refractivity (Wildman–Crippen MR) is 64.8 cm³/mol. The normalized spacial score (nSPS) is 11.8. The van der Waals surface area contributed by atoms with Crippen LogP contribution in [0, 0.1) is 27.4 Å². The molecule has 0 saturated heterocycles. The van der Waals surface area contributed by atoms with E-state index in [1.54, 1.807) is 12.1 Å². The Morgan fingerprint density at radius 2 is 2.35 bits per heavy atom. The molecule has 1 aromatic carbocycles. The van der Waals surface area contributed by atoms with Crippen LogP contribution in [0.1, 0.15) is 12.5 Å².